The Kier molecular flexibility index (Phi) is 4.06. The number of hydrogen-bond donors (Lipinski definition) is 1. The Hall–Kier alpha value is -1.46. The summed E-state index contributed by atoms with van der Waals surface area (Å²) in [5, 5.41) is 11.7. The first-order valence-electron chi connectivity index (χ1n) is 5.82. The van der Waals surface area contributed by atoms with Gasteiger partial charge >= 0.3 is 0 Å². The van der Waals surface area contributed by atoms with Crippen LogP contribution in [0.25, 0.3) is 5.65 Å². The SMILES string of the molecule is COCC(C)NCCc1nnc2ccccn12. The van der Waals surface area contributed by atoms with Crippen LogP contribution in [0.1, 0.15) is 12.7 Å². The summed E-state index contributed by atoms with van der Waals surface area (Å²) in [6.45, 7) is 3.70. The van der Waals surface area contributed by atoms with Crippen LogP contribution in [-0.2, 0) is 11.2 Å². The van der Waals surface area contributed by atoms with Gasteiger partial charge in [-0.3, -0.25) is 4.40 Å². The van der Waals surface area contributed by atoms with Crippen molar-refractivity contribution in [3.05, 3.63) is 30.2 Å². The van der Waals surface area contributed by atoms with Crippen molar-refractivity contribution in [1.82, 2.24) is 19.9 Å². The lowest BCUT2D eigenvalue weighted by molar-refractivity contribution is 0.172. The van der Waals surface area contributed by atoms with Crippen molar-refractivity contribution in [3.63, 3.8) is 0 Å². The average Bonchev–Trinajstić information content (AvgIpc) is 2.73. The standard InChI is InChI=1S/C12H18N4O/c1-10(9-17-2)13-7-6-12-15-14-11-5-3-4-8-16(11)12/h3-5,8,10,13H,6-7,9H2,1-2H3. The van der Waals surface area contributed by atoms with Crippen LogP contribution in [0.3, 0.4) is 0 Å². The summed E-state index contributed by atoms with van der Waals surface area (Å²) < 4.78 is 7.08. The van der Waals surface area contributed by atoms with E-state index in [4.69, 9.17) is 4.74 Å². The molecule has 2 heterocycles. The number of hydrogen-bond acceptors (Lipinski definition) is 4. The van der Waals surface area contributed by atoms with Crippen molar-refractivity contribution in [3.8, 4) is 0 Å². The fourth-order valence-electron chi connectivity index (χ4n) is 1.80. The van der Waals surface area contributed by atoms with Gasteiger partial charge in [-0.2, -0.15) is 0 Å². The van der Waals surface area contributed by atoms with Crippen LogP contribution in [0.2, 0.25) is 0 Å². The van der Waals surface area contributed by atoms with Gasteiger partial charge in [0.2, 0.25) is 0 Å². The smallest absolute Gasteiger partial charge is 0.160 e. The summed E-state index contributed by atoms with van der Waals surface area (Å²) in [5.74, 6) is 0.984. The molecular formula is C12H18N4O. The van der Waals surface area contributed by atoms with Gasteiger partial charge in [0, 0.05) is 32.3 Å². The lowest BCUT2D eigenvalue weighted by Crippen LogP contribution is -2.32. The zero-order valence-corrected chi connectivity index (χ0v) is 10.3. The summed E-state index contributed by atoms with van der Waals surface area (Å²) in [6.07, 6.45) is 2.85. The van der Waals surface area contributed by atoms with Crippen LogP contribution in [0.5, 0.6) is 0 Å². The summed E-state index contributed by atoms with van der Waals surface area (Å²) in [4.78, 5) is 0. The summed E-state index contributed by atoms with van der Waals surface area (Å²) in [7, 11) is 1.71. The van der Waals surface area contributed by atoms with E-state index < -0.39 is 0 Å². The molecule has 0 fully saturated rings. The Balaban J connectivity index is 1.91. The number of nitrogens with one attached hydrogen (secondary N) is 1. The molecule has 0 aromatic carbocycles. The Morgan fingerprint density at radius 3 is 3.12 bits per heavy atom. The van der Waals surface area contributed by atoms with E-state index in [1.807, 2.05) is 28.8 Å². The predicted molar refractivity (Wildman–Crippen MR) is 66.0 cm³/mol. The van der Waals surface area contributed by atoms with Gasteiger partial charge in [0.15, 0.2) is 5.65 Å². The van der Waals surface area contributed by atoms with Crippen LogP contribution < -0.4 is 5.32 Å². The van der Waals surface area contributed by atoms with Crippen LogP contribution in [0.4, 0.5) is 0 Å². The summed E-state index contributed by atoms with van der Waals surface area (Å²) in [5.41, 5.74) is 0.896. The molecule has 5 nitrogen and oxygen atoms in total. The first-order valence-corrected chi connectivity index (χ1v) is 5.82. The largest absolute Gasteiger partial charge is 0.383 e. The fourth-order valence-corrected chi connectivity index (χ4v) is 1.80. The second-order valence-electron chi connectivity index (χ2n) is 4.11. The molecule has 0 radical (unpaired) electrons. The second kappa shape index (κ2) is 5.75. The highest BCUT2D eigenvalue weighted by Gasteiger charge is 2.05. The number of nitrogens with zero attached hydrogens (tertiary/aromatic N) is 3. The van der Waals surface area contributed by atoms with Crippen molar-refractivity contribution in [2.45, 2.75) is 19.4 Å². The molecule has 1 N–H and O–H groups in total. The quantitative estimate of drug-likeness (QED) is 0.806. The lowest BCUT2D eigenvalue weighted by atomic mass is 10.3. The molecule has 0 aliphatic carbocycles. The van der Waals surface area contributed by atoms with E-state index in [1.54, 1.807) is 7.11 Å². The minimum absolute atomic E-state index is 0.360. The normalized spacial score (nSPS) is 13.1. The number of pyridine rings is 1. The molecule has 0 aliphatic rings. The molecule has 2 aromatic heterocycles. The van der Waals surface area contributed by atoms with Crippen LogP contribution in [-0.4, -0.2) is 40.9 Å². The average molecular weight is 234 g/mol. The van der Waals surface area contributed by atoms with E-state index >= 15 is 0 Å². The minimum Gasteiger partial charge on any atom is -0.383 e. The van der Waals surface area contributed by atoms with Crippen LogP contribution in [0.15, 0.2) is 24.4 Å². The van der Waals surface area contributed by atoms with E-state index in [9.17, 15) is 0 Å². The Morgan fingerprint density at radius 1 is 1.41 bits per heavy atom. The lowest BCUT2D eigenvalue weighted by Gasteiger charge is -2.11. The summed E-state index contributed by atoms with van der Waals surface area (Å²) in [6, 6.07) is 6.27. The number of ether oxygens (including phenoxy) is 1. The molecular weight excluding hydrogens is 216 g/mol. The van der Waals surface area contributed by atoms with Gasteiger partial charge in [-0.15, -0.1) is 10.2 Å². The molecule has 1 unspecified atom stereocenters. The summed E-state index contributed by atoms with van der Waals surface area (Å²) >= 11 is 0. The second-order valence-corrected chi connectivity index (χ2v) is 4.11. The van der Waals surface area contributed by atoms with Gasteiger partial charge in [-0.1, -0.05) is 6.07 Å². The zero-order valence-electron chi connectivity index (χ0n) is 10.3. The molecule has 2 rings (SSSR count). The number of rotatable bonds is 6. The van der Waals surface area contributed by atoms with Crippen molar-refractivity contribution >= 4 is 5.65 Å². The predicted octanol–water partition coefficient (Wildman–Crippen LogP) is 0.896. The van der Waals surface area contributed by atoms with Crippen molar-refractivity contribution in [1.29, 1.82) is 0 Å². The maximum Gasteiger partial charge on any atom is 0.160 e. The highest BCUT2D eigenvalue weighted by atomic mass is 16.5. The molecule has 5 heteroatoms. The third-order valence-corrected chi connectivity index (χ3v) is 2.64. The molecule has 0 spiro atoms. The molecule has 0 saturated carbocycles. The number of aromatic nitrogens is 3. The first-order chi connectivity index (χ1) is 8.31. The van der Waals surface area contributed by atoms with Crippen LogP contribution >= 0.6 is 0 Å². The van der Waals surface area contributed by atoms with E-state index in [1.165, 1.54) is 0 Å². The van der Waals surface area contributed by atoms with Gasteiger partial charge in [0.1, 0.15) is 5.82 Å². The first kappa shape index (κ1) is 12.0. The third-order valence-electron chi connectivity index (χ3n) is 2.64. The minimum atomic E-state index is 0.360. The Bertz CT molecular complexity index is 468. The molecule has 1 atom stereocenters. The molecule has 2 aromatic rings. The van der Waals surface area contributed by atoms with Crippen molar-refractivity contribution in [2.24, 2.45) is 0 Å². The van der Waals surface area contributed by atoms with Crippen molar-refractivity contribution in [2.75, 3.05) is 20.3 Å². The molecule has 0 amide bonds. The van der Waals surface area contributed by atoms with E-state index in [0.29, 0.717) is 6.04 Å². The topological polar surface area (TPSA) is 51.5 Å². The van der Waals surface area contributed by atoms with Gasteiger partial charge in [0.25, 0.3) is 0 Å². The number of methoxy groups -OCH3 is 1. The van der Waals surface area contributed by atoms with Gasteiger partial charge < -0.3 is 10.1 Å². The van der Waals surface area contributed by atoms with Gasteiger partial charge in [0.05, 0.1) is 6.61 Å². The van der Waals surface area contributed by atoms with E-state index in [0.717, 1.165) is 31.0 Å². The van der Waals surface area contributed by atoms with Crippen molar-refractivity contribution < 1.29 is 4.74 Å². The number of fused-ring (bicyclic) bond motifs is 1. The molecule has 92 valence electrons. The fraction of sp³-hybridized carbons (Fsp3) is 0.500. The van der Waals surface area contributed by atoms with E-state index in [2.05, 4.69) is 22.4 Å². The Morgan fingerprint density at radius 2 is 2.29 bits per heavy atom. The molecule has 17 heavy (non-hydrogen) atoms. The maximum absolute atomic E-state index is 5.07. The molecule has 0 saturated heterocycles. The molecule has 0 aliphatic heterocycles. The van der Waals surface area contributed by atoms with E-state index in [-0.39, 0.29) is 0 Å². The Labute approximate surface area is 101 Å². The maximum atomic E-state index is 5.07. The molecule has 0 bridgehead atoms. The van der Waals surface area contributed by atoms with Crippen LogP contribution in [0, 0.1) is 0 Å². The van der Waals surface area contributed by atoms with Gasteiger partial charge in [-0.25, -0.2) is 0 Å². The highest BCUT2D eigenvalue weighted by Crippen LogP contribution is 2.02. The zero-order chi connectivity index (χ0) is 12.1. The van der Waals surface area contributed by atoms with Gasteiger partial charge in [-0.05, 0) is 19.1 Å². The third kappa shape index (κ3) is 3.01. The monoisotopic (exact) mass is 234 g/mol. The highest BCUT2D eigenvalue weighted by molar-refractivity contribution is 5.36.